The topological polar surface area (TPSA) is 72.9 Å². The number of carboxylic acids is 1. The van der Waals surface area contributed by atoms with Crippen LogP contribution in [-0.4, -0.2) is 54.6 Å². The number of nitrogens with one attached hydrogen (secondary N) is 1. The zero-order valence-corrected chi connectivity index (χ0v) is 14.9. The van der Waals surface area contributed by atoms with Crippen molar-refractivity contribution in [3.63, 3.8) is 0 Å². The summed E-state index contributed by atoms with van der Waals surface area (Å²) >= 11 is 6.04. The van der Waals surface area contributed by atoms with Crippen LogP contribution in [0.5, 0.6) is 0 Å². The minimum atomic E-state index is -0.986. The number of benzene rings is 2. The van der Waals surface area contributed by atoms with Crippen molar-refractivity contribution in [2.75, 3.05) is 42.9 Å². The van der Waals surface area contributed by atoms with Gasteiger partial charge < -0.3 is 15.3 Å². The van der Waals surface area contributed by atoms with Gasteiger partial charge in [-0.3, -0.25) is 9.69 Å². The third-order valence-electron chi connectivity index (χ3n) is 4.33. The number of anilines is 2. The lowest BCUT2D eigenvalue weighted by Gasteiger charge is -2.35. The van der Waals surface area contributed by atoms with E-state index < -0.39 is 5.97 Å². The highest BCUT2D eigenvalue weighted by atomic mass is 35.5. The molecule has 2 aromatic carbocycles. The standard InChI is InChI=1S/C19H20ClN3O3/c20-15-2-1-3-17(12-15)23-10-8-22(9-11-23)13-18(24)21-16-6-4-14(5-7-16)19(25)26/h1-7,12H,8-11,13H2,(H,21,24)(H,25,26). The van der Waals surface area contributed by atoms with Gasteiger partial charge in [0.05, 0.1) is 12.1 Å². The Morgan fingerprint density at radius 2 is 1.73 bits per heavy atom. The molecule has 1 amide bonds. The maximum atomic E-state index is 12.2. The van der Waals surface area contributed by atoms with Crippen LogP contribution in [0.1, 0.15) is 10.4 Å². The number of amides is 1. The summed E-state index contributed by atoms with van der Waals surface area (Å²) in [5.74, 6) is -1.09. The summed E-state index contributed by atoms with van der Waals surface area (Å²) in [6.45, 7) is 3.56. The molecule has 0 atom stereocenters. The molecule has 3 rings (SSSR count). The van der Waals surface area contributed by atoms with Crippen molar-refractivity contribution in [1.82, 2.24) is 4.90 Å². The highest BCUT2D eigenvalue weighted by molar-refractivity contribution is 6.30. The molecule has 136 valence electrons. The van der Waals surface area contributed by atoms with Crippen LogP contribution in [0.4, 0.5) is 11.4 Å². The van der Waals surface area contributed by atoms with Gasteiger partial charge in [-0.15, -0.1) is 0 Å². The molecule has 0 radical (unpaired) electrons. The first kappa shape index (κ1) is 18.2. The molecule has 1 fully saturated rings. The summed E-state index contributed by atoms with van der Waals surface area (Å²) in [4.78, 5) is 27.4. The van der Waals surface area contributed by atoms with Crippen LogP contribution in [0.3, 0.4) is 0 Å². The molecule has 0 aliphatic carbocycles. The quantitative estimate of drug-likeness (QED) is 0.843. The van der Waals surface area contributed by atoms with Crippen LogP contribution in [0, 0.1) is 0 Å². The van der Waals surface area contributed by atoms with E-state index in [9.17, 15) is 9.59 Å². The highest BCUT2D eigenvalue weighted by Gasteiger charge is 2.19. The van der Waals surface area contributed by atoms with E-state index in [1.807, 2.05) is 24.3 Å². The van der Waals surface area contributed by atoms with E-state index >= 15 is 0 Å². The van der Waals surface area contributed by atoms with Crippen LogP contribution < -0.4 is 10.2 Å². The average Bonchev–Trinajstić information content (AvgIpc) is 2.62. The lowest BCUT2D eigenvalue weighted by atomic mass is 10.2. The number of halogens is 1. The van der Waals surface area contributed by atoms with Crippen LogP contribution in [0.15, 0.2) is 48.5 Å². The first-order valence-corrected chi connectivity index (χ1v) is 8.75. The van der Waals surface area contributed by atoms with Gasteiger partial charge in [0, 0.05) is 42.6 Å². The van der Waals surface area contributed by atoms with Crippen LogP contribution in [0.25, 0.3) is 0 Å². The van der Waals surface area contributed by atoms with E-state index in [2.05, 4.69) is 15.1 Å². The number of rotatable bonds is 5. The highest BCUT2D eigenvalue weighted by Crippen LogP contribution is 2.20. The molecule has 6 nitrogen and oxygen atoms in total. The maximum Gasteiger partial charge on any atom is 0.335 e. The number of nitrogens with zero attached hydrogens (tertiary/aromatic N) is 2. The van der Waals surface area contributed by atoms with Gasteiger partial charge in [0.2, 0.25) is 5.91 Å². The summed E-state index contributed by atoms with van der Waals surface area (Å²) in [6.07, 6.45) is 0. The summed E-state index contributed by atoms with van der Waals surface area (Å²) < 4.78 is 0. The Morgan fingerprint density at radius 1 is 1.04 bits per heavy atom. The van der Waals surface area contributed by atoms with E-state index in [1.54, 1.807) is 12.1 Å². The van der Waals surface area contributed by atoms with E-state index in [-0.39, 0.29) is 11.5 Å². The monoisotopic (exact) mass is 373 g/mol. The first-order valence-electron chi connectivity index (χ1n) is 8.37. The van der Waals surface area contributed by atoms with Crippen molar-refractivity contribution < 1.29 is 14.7 Å². The van der Waals surface area contributed by atoms with Crippen molar-refractivity contribution in [2.45, 2.75) is 0 Å². The average molecular weight is 374 g/mol. The van der Waals surface area contributed by atoms with Crippen LogP contribution in [0.2, 0.25) is 5.02 Å². The largest absolute Gasteiger partial charge is 0.478 e. The minimum Gasteiger partial charge on any atom is -0.478 e. The van der Waals surface area contributed by atoms with Gasteiger partial charge >= 0.3 is 5.97 Å². The molecule has 2 N–H and O–H groups in total. The van der Waals surface area contributed by atoms with Gasteiger partial charge in [0.25, 0.3) is 0 Å². The van der Waals surface area contributed by atoms with Crippen molar-refractivity contribution in [1.29, 1.82) is 0 Å². The Bertz CT molecular complexity index is 787. The zero-order chi connectivity index (χ0) is 18.5. The number of hydrogen-bond acceptors (Lipinski definition) is 4. The fourth-order valence-corrected chi connectivity index (χ4v) is 3.12. The Morgan fingerprint density at radius 3 is 2.35 bits per heavy atom. The van der Waals surface area contributed by atoms with Gasteiger partial charge in [-0.05, 0) is 42.5 Å². The van der Waals surface area contributed by atoms with Crippen molar-refractivity contribution >= 4 is 34.9 Å². The third-order valence-corrected chi connectivity index (χ3v) is 4.56. The first-order chi connectivity index (χ1) is 12.5. The summed E-state index contributed by atoms with van der Waals surface area (Å²) in [5, 5.41) is 12.4. The van der Waals surface area contributed by atoms with Crippen LogP contribution >= 0.6 is 11.6 Å². The summed E-state index contributed by atoms with van der Waals surface area (Å²) in [5.41, 5.74) is 1.89. The molecule has 1 saturated heterocycles. The summed E-state index contributed by atoms with van der Waals surface area (Å²) in [7, 11) is 0. The van der Waals surface area contributed by atoms with Gasteiger partial charge in [-0.25, -0.2) is 4.79 Å². The molecule has 2 aromatic rings. The molecule has 1 aliphatic rings. The summed E-state index contributed by atoms with van der Waals surface area (Å²) in [6, 6.07) is 13.9. The zero-order valence-electron chi connectivity index (χ0n) is 14.2. The molecule has 1 heterocycles. The molecular formula is C19H20ClN3O3. The second kappa shape index (κ2) is 8.21. The third kappa shape index (κ3) is 4.74. The molecule has 0 saturated carbocycles. The SMILES string of the molecule is O=C(CN1CCN(c2cccc(Cl)c2)CC1)Nc1ccc(C(=O)O)cc1. The predicted octanol–water partition coefficient (Wildman–Crippen LogP) is 2.80. The molecule has 1 aliphatic heterocycles. The molecule has 0 bridgehead atoms. The number of hydrogen-bond donors (Lipinski definition) is 2. The van der Waals surface area contributed by atoms with Crippen LogP contribution in [-0.2, 0) is 4.79 Å². The van der Waals surface area contributed by atoms with Crippen molar-refractivity contribution in [3.8, 4) is 0 Å². The minimum absolute atomic E-state index is 0.107. The second-order valence-corrected chi connectivity index (χ2v) is 6.61. The van der Waals surface area contributed by atoms with Crippen molar-refractivity contribution in [3.05, 3.63) is 59.1 Å². The lowest BCUT2D eigenvalue weighted by molar-refractivity contribution is -0.117. The number of aromatic carboxylic acids is 1. The maximum absolute atomic E-state index is 12.2. The fourth-order valence-electron chi connectivity index (χ4n) is 2.94. The number of carbonyl (C=O) groups excluding carboxylic acids is 1. The number of piperazine rings is 1. The Kier molecular flexibility index (Phi) is 5.75. The van der Waals surface area contributed by atoms with E-state index in [0.29, 0.717) is 12.2 Å². The predicted molar refractivity (Wildman–Crippen MR) is 102 cm³/mol. The van der Waals surface area contributed by atoms with Crippen molar-refractivity contribution in [2.24, 2.45) is 0 Å². The number of carbonyl (C=O) groups is 2. The molecule has 0 unspecified atom stereocenters. The van der Waals surface area contributed by atoms with Gasteiger partial charge in [0.1, 0.15) is 0 Å². The molecule has 26 heavy (non-hydrogen) atoms. The molecule has 7 heteroatoms. The van der Waals surface area contributed by atoms with Gasteiger partial charge in [-0.1, -0.05) is 17.7 Å². The lowest BCUT2D eigenvalue weighted by Crippen LogP contribution is -2.48. The second-order valence-electron chi connectivity index (χ2n) is 6.17. The van der Waals surface area contributed by atoms with E-state index in [0.717, 1.165) is 36.9 Å². The fraction of sp³-hybridized carbons (Fsp3) is 0.263. The smallest absolute Gasteiger partial charge is 0.335 e. The Labute approximate surface area is 157 Å². The van der Waals surface area contributed by atoms with E-state index in [4.69, 9.17) is 16.7 Å². The van der Waals surface area contributed by atoms with E-state index in [1.165, 1.54) is 12.1 Å². The Hall–Kier alpha value is -2.57. The number of carboxylic acid groups (broad SMARTS) is 1. The molecule has 0 spiro atoms. The molecular weight excluding hydrogens is 354 g/mol. The van der Waals surface area contributed by atoms with Gasteiger partial charge in [-0.2, -0.15) is 0 Å². The normalized spacial score (nSPS) is 14.9. The Balaban J connectivity index is 1.48. The molecule has 0 aromatic heterocycles. The van der Waals surface area contributed by atoms with Gasteiger partial charge in [0.15, 0.2) is 0 Å².